The minimum Gasteiger partial charge on any atom is -0.391 e. The minimum atomic E-state index is -0.852. The fraction of sp³-hybridized carbons (Fsp3) is 0.478. The summed E-state index contributed by atoms with van der Waals surface area (Å²) in [4.78, 5) is 25.2. The number of carbonyl (C=O) groups excluding carboxylic acids is 1. The number of carbonyl (C=O) groups is 1. The molecule has 2 saturated carbocycles. The predicted molar refractivity (Wildman–Crippen MR) is 127 cm³/mol. The van der Waals surface area contributed by atoms with Crippen LogP contribution in [0.2, 0.25) is 5.02 Å². The van der Waals surface area contributed by atoms with Crippen molar-refractivity contribution in [2.24, 2.45) is 11.7 Å². The van der Waals surface area contributed by atoms with Gasteiger partial charge in [-0.1, -0.05) is 11.6 Å². The maximum absolute atomic E-state index is 14.6. The average Bonchev–Trinajstić information content (AvgIpc) is 3.38. The second-order valence-corrected chi connectivity index (χ2v) is 9.67. The molecule has 2 fully saturated rings. The molecule has 2 heterocycles. The summed E-state index contributed by atoms with van der Waals surface area (Å²) in [6.07, 6.45) is 5.91. The Morgan fingerprint density at radius 2 is 1.83 bits per heavy atom. The number of hydrogen-bond acceptors (Lipinski definition) is 7. The highest BCUT2D eigenvalue weighted by molar-refractivity contribution is 6.30. The lowest BCUT2D eigenvalue weighted by molar-refractivity contribution is -0.122. The van der Waals surface area contributed by atoms with Crippen LogP contribution in [0.15, 0.2) is 18.3 Å². The van der Waals surface area contributed by atoms with Crippen molar-refractivity contribution in [3.05, 3.63) is 35.0 Å². The van der Waals surface area contributed by atoms with Gasteiger partial charge in [0, 0.05) is 17.0 Å². The SMILES string of the molecule is NC(=O)[C@H]1CC[C@H](n2c(Nc3c(F)cc(Cl)cc3F)nc3cnc(N[C@H]4CCC[C@@H]4O)nc32)CC1. The maximum Gasteiger partial charge on any atom is 0.225 e. The van der Waals surface area contributed by atoms with Gasteiger partial charge in [-0.15, -0.1) is 0 Å². The fourth-order valence-corrected chi connectivity index (χ4v) is 5.25. The van der Waals surface area contributed by atoms with Gasteiger partial charge in [-0.2, -0.15) is 4.98 Å². The summed E-state index contributed by atoms with van der Waals surface area (Å²) in [6.45, 7) is 0. The first-order chi connectivity index (χ1) is 16.8. The molecular formula is C23H26ClF2N7O2. The number of primary amides is 1. The van der Waals surface area contributed by atoms with Crippen LogP contribution in [0.5, 0.6) is 0 Å². The van der Waals surface area contributed by atoms with Crippen LogP contribution in [0, 0.1) is 17.6 Å². The standard InChI is InChI=1S/C23H26ClF2N7O2/c24-12-8-14(25)19(15(26)9-12)31-23-30-17-10-28-22(29-16-2-1-3-18(16)34)32-21(17)33(23)13-6-4-11(5-7-13)20(27)35/h8-11,13,16,18,34H,1-7H2,(H2,27,35)(H,30,31)(H,28,29,32)/t11-,13-,16-,18-/m0/s1. The van der Waals surface area contributed by atoms with Crippen molar-refractivity contribution >= 4 is 46.3 Å². The largest absolute Gasteiger partial charge is 0.391 e. The number of imidazole rings is 1. The first kappa shape index (κ1) is 23.7. The molecule has 0 radical (unpaired) electrons. The Balaban J connectivity index is 1.54. The molecule has 12 heteroatoms. The van der Waals surface area contributed by atoms with Crippen LogP contribution in [0.1, 0.15) is 51.0 Å². The molecule has 0 spiro atoms. The number of aliphatic hydroxyl groups excluding tert-OH is 1. The van der Waals surface area contributed by atoms with Gasteiger partial charge in [0.2, 0.25) is 17.8 Å². The molecule has 2 aliphatic carbocycles. The molecule has 2 aromatic heterocycles. The molecule has 1 aromatic carbocycles. The molecule has 5 N–H and O–H groups in total. The van der Waals surface area contributed by atoms with E-state index in [0.29, 0.717) is 49.2 Å². The van der Waals surface area contributed by atoms with E-state index < -0.39 is 17.7 Å². The summed E-state index contributed by atoms with van der Waals surface area (Å²) in [5.41, 5.74) is 6.04. The molecule has 1 amide bonds. The zero-order valence-electron chi connectivity index (χ0n) is 18.8. The monoisotopic (exact) mass is 505 g/mol. The zero-order chi connectivity index (χ0) is 24.7. The number of fused-ring (bicyclic) bond motifs is 1. The number of aromatic nitrogens is 4. The normalized spacial score (nSPS) is 24.6. The molecule has 2 aliphatic rings. The Morgan fingerprint density at radius 1 is 1.11 bits per heavy atom. The average molecular weight is 506 g/mol. The highest BCUT2D eigenvalue weighted by atomic mass is 35.5. The van der Waals surface area contributed by atoms with Gasteiger partial charge in [0.1, 0.15) is 11.2 Å². The van der Waals surface area contributed by atoms with Gasteiger partial charge in [0.25, 0.3) is 0 Å². The molecule has 2 atom stereocenters. The number of nitrogens with two attached hydrogens (primary N) is 1. The predicted octanol–water partition coefficient (Wildman–Crippen LogP) is 4.04. The molecule has 0 saturated heterocycles. The second kappa shape index (κ2) is 9.54. The lowest BCUT2D eigenvalue weighted by Gasteiger charge is -2.29. The second-order valence-electron chi connectivity index (χ2n) is 9.23. The first-order valence-corrected chi connectivity index (χ1v) is 12.1. The number of benzene rings is 1. The number of anilines is 3. The Bertz CT molecular complexity index is 1240. The Morgan fingerprint density at radius 3 is 2.46 bits per heavy atom. The van der Waals surface area contributed by atoms with E-state index in [1.807, 2.05) is 0 Å². The number of nitrogens with zero attached hydrogens (tertiary/aromatic N) is 4. The quantitative estimate of drug-likeness (QED) is 0.397. The van der Waals surface area contributed by atoms with Crippen LogP contribution >= 0.6 is 11.6 Å². The summed E-state index contributed by atoms with van der Waals surface area (Å²) in [6, 6.07) is 1.76. The highest BCUT2D eigenvalue weighted by Crippen LogP contribution is 2.38. The van der Waals surface area contributed by atoms with E-state index in [-0.39, 0.29) is 40.6 Å². The van der Waals surface area contributed by atoms with Gasteiger partial charge in [-0.3, -0.25) is 9.36 Å². The molecule has 5 rings (SSSR count). The number of rotatable bonds is 6. The van der Waals surface area contributed by atoms with Gasteiger partial charge < -0.3 is 21.5 Å². The van der Waals surface area contributed by atoms with Gasteiger partial charge in [0.05, 0.1) is 18.3 Å². The van der Waals surface area contributed by atoms with Crippen LogP contribution in [-0.2, 0) is 4.79 Å². The van der Waals surface area contributed by atoms with Gasteiger partial charge >= 0.3 is 0 Å². The zero-order valence-corrected chi connectivity index (χ0v) is 19.6. The third kappa shape index (κ3) is 4.74. The van der Waals surface area contributed by atoms with Crippen LogP contribution in [-0.4, -0.2) is 42.7 Å². The third-order valence-electron chi connectivity index (χ3n) is 6.93. The van der Waals surface area contributed by atoms with E-state index in [4.69, 9.17) is 17.3 Å². The first-order valence-electron chi connectivity index (χ1n) is 11.7. The van der Waals surface area contributed by atoms with Crippen molar-refractivity contribution < 1.29 is 18.7 Å². The smallest absolute Gasteiger partial charge is 0.225 e. The third-order valence-corrected chi connectivity index (χ3v) is 7.15. The lowest BCUT2D eigenvalue weighted by Crippen LogP contribution is -2.29. The van der Waals surface area contributed by atoms with Crippen molar-refractivity contribution in [2.75, 3.05) is 10.6 Å². The van der Waals surface area contributed by atoms with E-state index >= 15 is 0 Å². The molecule has 0 aliphatic heterocycles. The number of hydrogen-bond donors (Lipinski definition) is 4. The van der Waals surface area contributed by atoms with Gasteiger partial charge in [-0.25, -0.2) is 18.7 Å². The highest BCUT2D eigenvalue weighted by Gasteiger charge is 2.30. The van der Waals surface area contributed by atoms with Crippen molar-refractivity contribution in [3.8, 4) is 0 Å². The van der Waals surface area contributed by atoms with Crippen LogP contribution in [0.3, 0.4) is 0 Å². The van der Waals surface area contributed by atoms with E-state index in [9.17, 15) is 18.7 Å². The van der Waals surface area contributed by atoms with Crippen molar-refractivity contribution in [1.29, 1.82) is 0 Å². The Labute approximate surface area is 205 Å². The van der Waals surface area contributed by atoms with Crippen LogP contribution in [0.25, 0.3) is 11.2 Å². The fourth-order valence-electron chi connectivity index (χ4n) is 5.06. The van der Waals surface area contributed by atoms with Gasteiger partial charge in [-0.05, 0) is 57.1 Å². The molecule has 3 aromatic rings. The molecule has 0 unspecified atom stereocenters. The molecule has 35 heavy (non-hydrogen) atoms. The Kier molecular flexibility index (Phi) is 6.45. The number of halogens is 3. The molecule has 9 nitrogen and oxygen atoms in total. The summed E-state index contributed by atoms with van der Waals surface area (Å²) in [5, 5.41) is 16.1. The topological polar surface area (TPSA) is 131 Å². The van der Waals surface area contributed by atoms with E-state index in [1.54, 1.807) is 4.57 Å². The number of aliphatic hydroxyl groups is 1. The summed E-state index contributed by atoms with van der Waals surface area (Å²) in [5.74, 6) is -1.70. The molecule has 186 valence electrons. The Hall–Kier alpha value is -3.05. The van der Waals surface area contributed by atoms with Crippen LogP contribution in [0.4, 0.5) is 26.4 Å². The summed E-state index contributed by atoms with van der Waals surface area (Å²) in [7, 11) is 0. The van der Waals surface area contributed by atoms with E-state index in [1.165, 1.54) is 6.20 Å². The number of amides is 1. The van der Waals surface area contributed by atoms with Crippen LogP contribution < -0.4 is 16.4 Å². The van der Waals surface area contributed by atoms with E-state index in [2.05, 4.69) is 25.6 Å². The van der Waals surface area contributed by atoms with Gasteiger partial charge in [0.15, 0.2) is 17.3 Å². The summed E-state index contributed by atoms with van der Waals surface area (Å²) >= 11 is 5.77. The maximum atomic E-state index is 14.6. The number of nitrogens with one attached hydrogen (secondary N) is 2. The lowest BCUT2D eigenvalue weighted by atomic mass is 9.85. The van der Waals surface area contributed by atoms with Crippen molar-refractivity contribution in [2.45, 2.75) is 63.1 Å². The van der Waals surface area contributed by atoms with Crippen molar-refractivity contribution in [3.63, 3.8) is 0 Å². The summed E-state index contributed by atoms with van der Waals surface area (Å²) < 4.78 is 30.9. The van der Waals surface area contributed by atoms with E-state index in [0.717, 1.165) is 25.0 Å². The molecular weight excluding hydrogens is 480 g/mol. The molecule has 0 bridgehead atoms. The van der Waals surface area contributed by atoms with Crippen molar-refractivity contribution in [1.82, 2.24) is 19.5 Å². The minimum absolute atomic E-state index is 0.0560.